The van der Waals surface area contributed by atoms with Crippen molar-refractivity contribution in [3.8, 4) is 5.75 Å². The minimum Gasteiger partial charge on any atom is -0.482 e. The number of aliphatic hydroxyl groups is 1. The zero-order valence-electron chi connectivity index (χ0n) is 10.1. The van der Waals surface area contributed by atoms with Crippen LogP contribution in [0.1, 0.15) is 11.7 Å². The van der Waals surface area contributed by atoms with E-state index in [1.54, 1.807) is 0 Å². The van der Waals surface area contributed by atoms with Crippen molar-refractivity contribution in [3.63, 3.8) is 0 Å². The lowest BCUT2D eigenvalue weighted by molar-refractivity contribution is -0.253. The highest BCUT2D eigenvalue weighted by atomic mass is 35.5. The third-order valence-corrected chi connectivity index (χ3v) is 2.15. The summed E-state index contributed by atoms with van der Waals surface area (Å²) in [6.45, 7) is 0. The van der Waals surface area contributed by atoms with Gasteiger partial charge in [0, 0.05) is 0 Å². The molecule has 20 heavy (non-hydrogen) atoms. The summed E-state index contributed by atoms with van der Waals surface area (Å²) in [6.07, 6.45) is -10.1. The molecule has 0 aliphatic carbocycles. The predicted molar refractivity (Wildman–Crippen MR) is 65.0 cm³/mol. The number of methoxy groups -OCH3 is 1. The number of hydrogen-bond acceptors (Lipinski definition) is 4. The van der Waals surface area contributed by atoms with Crippen molar-refractivity contribution in [1.82, 2.24) is 0 Å². The minimum atomic E-state index is -4.63. The van der Waals surface area contributed by atoms with Gasteiger partial charge in [0.2, 0.25) is 5.90 Å². The van der Waals surface area contributed by atoms with Gasteiger partial charge in [-0.1, -0.05) is 12.1 Å². The molecule has 0 spiro atoms. The maximum absolute atomic E-state index is 12.7. The van der Waals surface area contributed by atoms with Crippen molar-refractivity contribution >= 4 is 18.3 Å². The third-order valence-electron chi connectivity index (χ3n) is 2.15. The lowest BCUT2D eigenvalue weighted by atomic mass is 10.1. The highest BCUT2D eigenvalue weighted by Crippen LogP contribution is 2.29. The van der Waals surface area contributed by atoms with Gasteiger partial charge in [-0.3, -0.25) is 5.41 Å². The first-order chi connectivity index (χ1) is 8.77. The van der Waals surface area contributed by atoms with Gasteiger partial charge in [0.15, 0.2) is 6.10 Å². The maximum atomic E-state index is 12.7. The fraction of sp³-hybridized carbons (Fsp3) is 0.364. The van der Waals surface area contributed by atoms with E-state index < -0.39 is 30.3 Å². The molecule has 0 aliphatic heterocycles. The molecule has 0 aromatic heterocycles. The fourth-order valence-corrected chi connectivity index (χ4v) is 1.21. The Morgan fingerprint density at radius 3 is 2.45 bits per heavy atom. The molecule has 0 saturated carbocycles. The van der Waals surface area contributed by atoms with E-state index in [0.717, 1.165) is 19.2 Å². The van der Waals surface area contributed by atoms with Gasteiger partial charge in [-0.05, 0) is 17.7 Å². The first-order valence-corrected chi connectivity index (χ1v) is 5.03. The fourth-order valence-electron chi connectivity index (χ4n) is 1.21. The topological polar surface area (TPSA) is 62.5 Å². The van der Waals surface area contributed by atoms with Gasteiger partial charge in [-0.2, -0.15) is 17.6 Å². The summed E-state index contributed by atoms with van der Waals surface area (Å²) in [5, 5.41) is 16.8. The number of nitrogens with one attached hydrogen (secondary N) is 1. The molecule has 1 aromatic rings. The molecule has 1 atom stereocenters. The van der Waals surface area contributed by atoms with Crippen LogP contribution in [0, 0.1) is 5.41 Å². The first-order valence-electron chi connectivity index (χ1n) is 5.03. The van der Waals surface area contributed by atoms with E-state index in [-0.39, 0.29) is 18.0 Å². The number of hydrogen-bond donors (Lipinski definition) is 2. The van der Waals surface area contributed by atoms with E-state index in [4.69, 9.17) is 5.41 Å². The zero-order valence-corrected chi connectivity index (χ0v) is 11.0. The van der Waals surface area contributed by atoms with Crippen LogP contribution in [0.15, 0.2) is 24.3 Å². The van der Waals surface area contributed by atoms with E-state index in [1.807, 2.05) is 0 Å². The Kier molecular flexibility index (Phi) is 6.74. The number of halogens is 5. The largest absolute Gasteiger partial charge is 0.482 e. The van der Waals surface area contributed by atoms with Gasteiger partial charge in [0.05, 0.1) is 7.11 Å². The normalized spacial score (nSPS) is 12.6. The molecule has 1 unspecified atom stereocenters. The average molecular weight is 318 g/mol. The summed E-state index contributed by atoms with van der Waals surface area (Å²) in [5.41, 5.74) is 0.00872. The zero-order chi connectivity index (χ0) is 14.6. The number of alkyl halides is 4. The smallest absolute Gasteiger partial charge is 0.461 e. The summed E-state index contributed by atoms with van der Waals surface area (Å²) < 4.78 is 57.6. The number of rotatable bonds is 5. The molecule has 0 bridgehead atoms. The summed E-state index contributed by atoms with van der Waals surface area (Å²) in [6, 6.07) is 4.49. The highest BCUT2D eigenvalue weighted by molar-refractivity contribution is 5.85. The molecule has 4 nitrogen and oxygen atoms in total. The number of benzene rings is 1. The van der Waals surface area contributed by atoms with Gasteiger partial charge in [0.25, 0.3) is 0 Å². The Morgan fingerprint density at radius 1 is 1.35 bits per heavy atom. The number of aliphatic hydroxyl groups excluding tert-OH is 1. The highest BCUT2D eigenvalue weighted by Gasteiger charge is 2.44. The molecule has 1 aromatic carbocycles. The monoisotopic (exact) mass is 317 g/mol. The van der Waals surface area contributed by atoms with E-state index >= 15 is 0 Å². The van der Waals surface area contributed by atoms with Crippen molar-refractivity contribution < 1.29 is 32.1 Å². The quantitative estimate of drug-likeness (QED) is 0.498. The molecule has 0 saturated heterocycles. The van der Waals surface area contributed by atoms with Gasteiger partial charge in [-0.15, -0.1) is 12.4 Å². The molecule has 9 heteroatoms. The van der Waals surface area contributed by atoms with Gasteiger partial charge in [-0.25, -0.2) is 0 Å². The summed E-state index contributed by atoms with van der Waals surface area (Å²) >= 11 is 0. The van der Waals surface area contributed by atoms with Crippen LogP contribution in [-0.4, -0.2) is 30.6 Å². The van der Waals surface area contributed by atoms with Crippen LogP contribution in [0.3, 0.4) is 0 Å². The van der Waals surface area contributed by atoms with Gasteiger partial charge in [0.1, 0.15) is 5.75 Å². The second kappa shape index (κ2) is 7.30. The van der Waals surface area contributed by atoms with Crippen LogP contribution >= 0.6 is 12.4 Å². The Morgan fingerprint density at radius 2 is 1.95 bits per heavy atom. The van der Waals surface area contributed by atoms with Crippen LogP contribution in [0.4, 0.5) is 17.6 Å². The number of ether oxygens (including phenoxy) is 2. The third kappa shape index (κ3) is 4.53. The summed E-state index contributed by atoms with van der Waals surface area (Å²) in [4.78, 5) is 0. The molecule has 0 fully saturated rings. The lowest BCUT2D eigenvalue weighted by Crippen LogP contribution is -2.33. The SMILES string of the molecule is COC(=N)C(O)c1cccc(OC(F)(F)C(F)F)c1.Cl. The second-order valence-corrected chi connectivity index (χ2v) is 3.51. The van der Waals surface area contributed by atoms with Crippen molar-refractivity contribution in [3.05, 3.63) is 29.8 Å². The molecule has 0 radical (unpaired) electrons. The molecule has 114 valence electrons. The molecule has 0 heterocycles. The minimum absolute atomic E-state index is 0. The van der Waals surface area contributed by atoms with Crippen LogP contribution in [0.5, 0.6) is 5.75 Å². The van der Waals surface area contributed by atoms with E-state index in [2.05, 4.69) is 9.47 Å². The standard InChI is InChI=1S/C11H11F4NO3.ClH/c1-18-9(16)8(17)6-3-2-4-7(5-6)19-11(14,15)10(12)13;/h2-5,8,10,16-17H,1H3;1H. The van der Waals surface area contributed by atoms with Crippen LogP contribution < -0.4 is 4.74 Å². The Hall–Kier alpha value is -1.54. The summed E-state index contributed by atoms with van der Waals surface area (Å²) in [7, 11) is 1.15. The Balaban J connectivity index is 0.00000361. The first kappa shape index (κ1) is 18.5. The molecule has 0 aliphatic rings. The van der Waals surface area contributed by atoms with E-state index in [9.17, 15) is 22.7 Å². The molecular weight excluding hydrogens is 306 g/mol. The Bertz CT molecular complexity index is 459. The average Bonchev–Trinajstić information content (AvgIpc) is 2.36. The molecule has 2 N–H and O–H groups in total. The van der Waals surface area contributed by atoms with Crippen molar-refractivity contribution in [2.75, 3.05) is 7.11 Å². The van der Waals surface area contributed by atoms with Crippen molar-refractivity contribution in [1.29, 1.82) is 5.41 Å². The summed E-state index contributed by atoms with van der Waals surface area (Å²) in [5.74, 6) is -1.07. The van der Waals surface area contributed by atoms with Crippen molar-refractivity contribution in [2.45, 2.75) is 18.6 Å². The van der Waals surface area contributed by atoms with Crippen LogP contribution in [0.2, 0.25) is 0 Å². The van der Waals surface area contributed by atoms with Crippen molar-refractivity contribution in [2.24, 2.45) is 0 Å². The molecular formula is C11H12ClF4NO3. The van der Waals surface area contributed by atoms with E-state index in [1.165, 1.54) is 12.1 Å². The Labute approximate surface area is 118 Å². The maximum Gasteiger partial charge on any atom is 0.461 e. The van der Waals surface area contributed by atoms with Crippen LogP contribution in [-0.2, 0) is 4.74 Å². The van der Waals surface area contributed by atoms with Gasteiger partial charge >= 0.3 is 12.5 Å². The predicted octanol–water partition coefficient (Wildman–Crippen LogP) is 3.00. The lowest BCUT2D eigenvalue weighted by Gasteiger charge is -2.18. The van der Waals surface area contributed by atoms with E-state index in [0.29, 0.717) is 0 Å². The van der Waals surface area contributed by atoms with Crippen LogP contribution in [0.25, 0.3) is 0 Å². The molecule has 1 rings (SSSR count). The molecule has 0 amide bonds. The van der Waals surface area contributed by atoms with Gasteiger partial charge < -0.3 is 14.6 Å². The second-order valence-electron chi connectivity index (χ2n) is 3.51.